The molecule has 0 saturated carbocycles. The van der Waals surface area contributed by atoms with Crippen molar-refractivity contribution in [1.29, 1.82) is 0 Å². The van der Waals surface area contributed by atoms with Gasteiger partial charge in [0, 0.05) is 17.1 Å². The summed E-state index contributed by atoms with van der Waals surface area (Å²) in [5, 5.41) is 0.438. The molecule has 0 aliphatic carbocycles. The maximum Gasteiger partial charge on any atom is 0.129 e. The Labute approximate surface area is 87.6 Å². The van der Waals surface area contributed by atoms with Gasteiger partial charge in [0.05, 0.1) is 0 Å². The van der Waals surface area contributed by atoms with Gasteiger partial charge in [0.2, 0.25) is 0 Å². The van der Waals surface area contributed by atoms with Gasteiger partial charge in [-0.25, -0.2) is 4.39 Å². The van der Waals surface area contributed by atoms with Gasteiger partial charge in [0.25, 0.3) is 0 Å². The predicted molar refractivity (Wildman–Crippen MR) is 54.4 cm³/mol. The van der Waals surface area contributed by atoms with Crippen molar-refractivity contribution >= 4 is 24.0 Å². The first-order valence-electron chi connectivity index (χ1n) is 3.53. The predicted octanol–water partition coefficient (Wildman–Crippen LogP) is 2.17. The molecule has 0 saturated heterocycles. The number of aryl methyl sites for hydroxylation is 1. The lowest BCUT2D eigenvalue weighted by Crippen LogP contribution is -2.21. The molecule has 1 aromatic carbocycles. The number of hydrazine groups is 1. The van der Waals surface area contributed by atoms with Crippen LogP contribution in [0, 0.1) is 12.7 Å². The van der Waals surface area contributed by atoms with Crippen LogP contribution >= 0.6 is 24.0 Å². The summed E-state index contributed by atoms with van der Waals surface area (Å²) in [6.07, 6.45) is 0. The quantitative estimate of drug-likeness (QED) is 0.598. The first kappa shape index (κ1) is 12.7. The first-order valence-corrected chi connectivity index (χ1v) is 3.91. The zero-order valence-corrected chi connectivity index (χ0v) is 8.68. The molecule has 0 heterocycles. The third-order valence-electron chi connectivity index (χ3n) is 1.62. The van der Waals surface area contributed by atoms with Gasteiger partial charge in [-0.1, -0.05) is 17.7 Å². The van der Waals surface area contributed by atoms with Crippen LogP contribution in [0.15, 0.2) is 12.1 Å². The summed E-state index contributed by atoms with van der Waals surface area (Å²) < 4.78 is 13.0. The molecule has 0 atom stereocenters. The van der Waals surface area contributed by atoms with E-state index >= 15 is 0 Å². The third kappa shape index (κ3) is 3.12. The minimum Gasteiger partial charge on any atom is -0.271 e. The Hall–Kier alpha value is -0.350. The summed E-state index contributed by atoms with van der Waals surface area (Å²) in [5.74, 6) is 4.74. The van der Waals surface area contributed by atoms with Crippen LogP contribution < -0.4 is 11.3 Å². The van der Waals surface area contributed by atoms with E-state index in [9.17, 15) is 4.39 Å². The van der Waals surface area contributed by atoms with E-state index in [-0.39, 0.29) is 18.2 Å². The maximum atomic E-state index is 13.0. The second-order valence-corrected chi connectivity index (χ2v) is 2.98. The van der Waals surface area contributed by atoms with Crippen molar-refractivity contribution in [2.75, 3.05) is 0 Å². The minimum atomic E-state index is -0.330. The zero-order chi connectivity index (χ0) is 9.14. The lowest BCUT2D eigenvalue weighted by atomic mass is 10.1. The smallest absolute Gasteiger partial charge is 0.129 e. The number of nitrogens with two attached hydrogens (primary N) is 1. The molecule has 0 spiro atoms. The first-order chi connectivity index (χ1) is 5.65. The molecule has 0 amide bonds. The zero-order valence-electron chi connectivity index (χ0n) is 7.10. The summed E-state index contributed by atoms with van der Waals surface area (Å²) in [6.45, 7) is 2.13. The van der Waals surface area contributed by atoms with Crippen molar-refractivity contribution in [3.05, 3.63) is 34.1 Å². The normalized spacial score (nSPS) is 9.54. The van der Waals surface area contributed by atoms with E-state index in [2.05, 4.69) is 5.43 Å². The van der Waals surface area contributed by atoms with E-state index in [1.165, 1.54) is 6.07 Å². The Morgan fingerprint density at radius 1 is 1.54 bits per heavy atom. The topological polar surface area (TPSA) is 38.0 Å². The standard InChI is InChI=1S/C8H10ClFN2.ClH/c1-5-2-6(4-12-11)8(10)3-7(5)9;/h2-3,12H,4,11H2,1H3;1H. The Morgan fingerprint density at radius 2 is 2.15 bits per heavy atom. The fourth-order valence-electron chi connectivity index (χ4n) is 0.962. The highest BCUT2D eigenvalue weighted by Gasteiger charge is 2.04. The van der Waals surface area contributed by atoms with Crippen LogP contribution in [-0.2, 0) is 6.54 Å². The van der Waals surface area contributed by atoms with Crippen LogP contribution in [0.3, 0.4) is 0 Å². The average Bonchev–Trinajstić information content (AvgIpc) is 2.01. The molecule has 0 aliphatic heterocycles. The molecule has 0 aliphatic rings. The molecule has 3 N–H and O–H groups in total. The molecule has 74 valence electrons. The largest absolute Gasteiger partial charge is 0.271 e. The molecular weight excluding hydrogens is 214 g/mol. The Kier molecular flexibility index (Phi) is 5.25. The summed E-state index contributed by atoms with van der Waals surface area (Å²) in [5.41, 5.74) is 3.77. The van der Waals surface area contributed by atoms with Crippen LogP contribution in [-0.4, -0.2) is 0 Å². The molecule has 13 heavy (non-hydrogen) atoms. The van der Waals surface area contributed by atoms with Crippen LogP contribution in [0.5, 0.6) is 0 Å². The van der Waals surface area contributed by atoms with Gasteiger partial charge in [0.1, 0.15) is 5.82 Å². The molecule has 1 aromatic rings. The molecule has 0 radical (unpaired) electrons. The molecule has 1 rings (SSSR count). The maximum absolute atomic E-state index is 13.0. The molecule has 0 aromatic heterocycles. The summed E-state index contributed by atoms with van der Waals surface area (Å²) >= 11 is 5.69. The lowest BCUT2D eigenvalue weighted by molar-refractivity contribution is 0.593. The molecule has 5 heteroatoms. The third-order valence-corrected chi connectivity index (χ3v) is 2.03. The number of hydrogen-bond acceptors (Lipinski definition) is 2. The number of nitrogens with one attached hydrogen (secondary N) is 1. The van der Waals surface area contributed by atoms with E-state index in [4.69, 9.17) is 17.4 Å². The Balaban J connectivity index is 0.00000144. The van der Waals surface area contributed by atoms with Crippen LogP contribution in [0.4, 0.5) is 4.39 Å². The van der Waals surface area contributed by atoms with Gasteiger partial charge < -0.3 is 0 Å². The SMILES string of the molecule is Cc1cc(CNN)c(F)cc1Cl.Cl. The molecule has 2 nitrogen and oxygen atoms in total. The number of halogens is 3. The number of hydrogen-bond donors (Lipinski definition) is 2. The minimum absolute atomic E-state index is 0. The Bertz CT molecular complexity index is 292. The van der Waals surface area contributed by atoms with Gasteiger partial charge in [0.15, 0.2) is 0 Å². The van der Waals surface area contributed by atoms with Crippen molar-refractivity contribution in [3.8, 4) is 0 Å². The highest BCUT2D eigenvalue weighted by Crippen LogP contribution is 2.19. The van der Waals surface area contributed by atoms with Crippen LogP contribution in [0.25, 0.3) is 0 Å². The van der Waals surface area contributed by atoms with E-state index in [0.717, 1.165) is 5.56 Å². The van der Waals surface area contributed by atoms with E-state index in [1.807, 2.05) is 6.92 Å². The van der Waals surface area contributed by atoms with E-state index in [0.29, 0.717) is 17.1 Å². The molecule has 0 bridgehead atoms. The van der Waals surface area contributed by atoms with Crippen molar-refractivity contribution in [1.82, 2.24) is 5.43 Å². The van der Waals surface area contributed by atoms with Crippen molar-refractivity contribution in [2.45, 2.75) is 13.5 Å². The summed E-state index contributed by atoms with van der Waals surface area (Å²) in [6, 6.07) is 2.97. The summed E-state index contributed by atoms with van der Waals surface area (Å²) in [4.78, 5) is 0. The Morgan fingerprint density at radius 3 is 2.69 bits per heavy atom. The van der Waals surface area contributed by atoms with Gasteiger partial charge in [-0.15, -0.1) is 12.4 Å². The molecule has 0 fully saturated rings. The van der Waals surface area contributed by atoms with Crippen LogP contribution in [0.1, 0.15) is 11.1 Å². The second-order valence-electron chi connectivity index (χ2n) is 2.57. The van der Waals surface area contributed by atoms with Gasteiger partial charge >= 0.3 is 0 Å². The monoisotopic (exact) mass is 224 g/mol. The second kappa shape index (κ2) is 5.40. The van der Waals surface area contributed by atoms with E-state index in [1.54, 1.807) is 6.07 Å². The van der Waals surface area contributed by atoms with Crippen molar-refractivity contribution < 1.29 is 4.39 Å². The van der Waals surface area contributed by atoms with Gasteiger partial charge in [-0.05, 0) is 18.6 Å². The van der Waals surface area contributed by atoms with Crippen molar-refractivity contribution in [3.63, 3.8) is 0 Å². The van der Waals surface area contributed by atoms with Gasteiger partial charge in [-0.2, -0.15) is 0 Å². The van der Waals surface area contributed by atoms with Crippen molar-refractivity contribution in [2.24, 2.45) is 5.84 Å². The highest BCUT2D eigenvalue weighted by atomic mass is 35.5. The fourth-order valence-corrected chi connectivity index (χ4v) is 1.11. The van der Waals surface area contributed by atoms with Crippen LogP contribution in [0.2, 0.25) is 5.02 Å². The highest BCUT2D eigenvalue weighted by molar-refractivity contribution is 6.31. The number of benzene rings is 1. The number of rotatable bonds is 2. The molecule has 0 unspecified atom stereocenters. The lowest BCUT2D eigenvalue weighted by Gasteiger charge is -2.04. The van der Waals surface area contributed by atoms with Gasteiger partial charge in [-0.3, -0.25) is 11.3 Å². The average molecular weight is 225 g/mol. The molecular formula is C8H11Cl2FN2. The van der Waals surface area contributed by atoms with E-state index < -0.39 is 0 Å². The fraction of sp³-hybridized carbons (Fsp3) is 0.250. The summed E-state index contributed by atoms with van der Waals surface area (Å²) in [7, 11) is 0.